The van der Waals surface area contributed by atoms with Gasteiger partial charge in [0.05, 0.1) is 12.0 Å². The normalized spacial score (nSPS) is 27.1. The number of carbonyl (C=O) groups is 2. The van der Waals surface area contributed by atoms with Crippen LogP contribution in [0.25, 0.3) is 0 Å². The van der Waals surface area contributed by atoms with Gasteiger partial charge in [0, 0.05) is 6.42 Å². The summed E-state index contributed by atoms with van der Waals surface area (Å²) < 4.78 is 10.6. The summed E-state index contributed by atoms with van der Waals surface area (Å²) in [5, 5.41) is 2.66. The largest absolute Gasteiger partial charge is 0.466 e. The van der Waals surface area contributed by atoms with E-state index in [2.05, 4.69) is 5.32 Å². The minimum absolute atomic E-state index is 0.162. The number of furan rings is 1. The lowest BCUT2D eigenvalue weighted by Gasteiger charge is -2.26. The second kappa shape index (κ2) is 4.48. The van der Waals surface area contributed by atoms with Crippen LogP contribution >= 0.6 is 0 Å². The van der Waals surface area contributed by atoms with Crippen LogP contribution in [0.15, 0.2) is 16.5 Å². The Morgan fingerprint density at radius 1 is 1.61 bits per heavy atom. The highest BCUT2D eigenvalue weighted by atomic mass is 16.5. The average Bonchev–Trinajstić information content (AvgIpc) is 2.84. The topological polar surface area (TPSA) is 68.5 Å². The molecular weight excluding hydrogens is 234 g/mol. The first-order chi connectivity index (χ1) is 8.47. The molecule has 2 rings (SSSR count). The minimum atomic E-state index is -0.685. The number of amides is 1. The Labute approximate surface area is 105 Å². The van der Waals surface area contributed by atoms with E-state index in [0.717, 1.165) is 5.76 Å². The number of esters is 1. The van der Waals surface area contributed by atoms with Crippen LogP contribution in [0.1, 0.15) is 31.8 Å². The van der Waals surface area contributed by atoms with Crippen LogP contribution in [0.3, 0.4) is 0 Å². The van der Waals surface area contributed by atoms with Crippen molar-refractivity contribution in [2.75, 3.05) is 6.61 Å². The third kappa shape index (κ3) is 2.00. The molecule has 5 nitrogen and oxygen atoms in total. The van der Waals surface area contributed by atoms with E-state index in [1.807, 2.05) is 26.0 Å². The van der Waals surface area contributed by atoms with Gasteiger partial charge in [-0.15, -0.1) is 0 Å². The van der Waals surface area contributed by atoms with E-state index in [-0.39, 0.29) is 12.3 Å². The molecule has 98 valence electrons. The Kier molecular flexibility index (Phi) is 3.15. The monoisotopic (exact) mass is 251 g/mol. The minimum Gasteiger partial charge on any atom is -0.466 e. The fourth-order valence-corrected chi connectivity index (χ4v) is 2.32. The first-order valence-corrected chi connectivity index (χ1v) is 6.00. The molecule has 0 aromatic carbocycles. The third-order valence-electron chi connectivity index (χ3n) is 3.30. The molecule has 1 aliphatic heterocycles. The standard InChI is InChI=1S/C13H17NO4/c1-4-17-12(16)11-13(3,7-10(15)14-11)9-6-5-8(2)18-9/h5-6,11H,4,7H2,1-3H3,(H,14,15). The summed E-state index contributed by atoms with van der Waals surface area (Å²) in [6.07, 6.45) is 0.226. The zero-order chi connectivity index (χ0) is 13.3. The van der Waals surface area contributed by atoms with E-state index in [0.29, 0.717) is 12.4 Å². The Morgan fingerprint density at radius 3 is 2.89 bits per heavy atom. The number of hydrogen-bond donors (Lipinski definition) is 1. The lowest BCUT2D eigenvalue weighted by molar-refractivity contribution is -0.147. The number of hydrogen-bond acceptors (Lipinski definition) is 4. The molecule has 0 aliphatic carbocycles. The van der Waals surface area contributed by atoms with Crippen molar-refractivity contribution in [3.63, 3.8) is 0 Å². The molecule has 5 heteroatoms. The summed E-state index contributed by atoms with van der Waals surface area (Å²) in [6.45, 7) is 5.70. The van der Waals surface area contributed by atoms with Gasteiger partial charge in [-0.25, -0.2) is 4.79 Å². The molecule has 2 atom stereocenters. The second-order valence-corrected chi connectivity index (χ2v) is 4.76. The predicted molar refractivity (Wildman–Crippen MR) is 64.0 cm³/mol. The zero-order valence-electron chi connectivity index (χ0n) is 10.8. The van der Waals surface area contributed by atoms with Crippen LogP contribution in [-0.4, -0.2) is 24.5 Å². The van der Waals surface area contributed by atoms with Crippen LogP contribution in [0, 0.1) is 6.92 Å². The van der Waals surface area contributed by atoms with Gasteiger partial charge < -0.3 is 14.5 Å². The molecule has 1 saturated heterocycles. The molecule has 1 aromatic heterocycles. The molecule has 18 heavy (non-hydrogen) atoms. The zero-order valence-corrected chi connectivity index (χ0v) is 10.8. The number of rotatable bonds is 3. The molecule has 2 heterocycles. The molecule has 1 N–H and O–H groups in total. The summed E-state index contributed by atoms with van der Waals surface area (Å²) in [5.41, 5.74) is -0.683. The highest BCUT2D eigenvalue weighted by Crippen LogP contribution is 2.37. The Hall–Kier alpha value is -1.78. The van der Waals surface area contributed by atoms with Gasteiger partial charge in [0.2, 0.25) is 5.91 Å². The van der Waals surface area contributed by atoms with Gasteiger partial charge in [-0.2, -0.15) is 0 Å². The van der Waals surface area contributed by atoms with Gasteiger partial charge in [0.25, 0.3) is 0 Å². The van der Waals surface area contributed by atoms with Gasteiger partial charge in [-0.1, -0.05) is 0 Å². The maximum Gasteiger partial charge on any atom is 0.329 e. The second-order valence-electron chi connectivity index (χ2n) is 4.76. The van der Waals surface area contributed by atoms with Gasteiger partial charge >= 0.3 is 5.97 Å². The van der Waals surface area contributed by atoms with Gasteiger partial charge in [0.1, 0.15) is 17.6 Å². The van der Waals surface area contributed by atoms with E-state index in [4.69, 9.17) is 9.15 Å². The van der Waals surface area contributed by atoms with Crippen molar-refractivity contribution < 1.29 is 18.7 Å². The lowest BCUT2D eigenvalue weighted by atomic mass is 9.80. The smallest absolute Gasteiger partial charge is 0.329 e. The van der Waals surface area contributed by atoms with Crippen molar-refractivity contribution in [3.05, 3.63) is 23.7 Å². The molecule has 1 aromatic rings. The summed E-state index contributed by atoms with van der Waals surface area (Å²) in [7, 11) is 0. The first-order valence-electron chi connectivity index (χ1n) is 6.00. The molecule has 0 bridgehead atoms. The number of aryl methyl sites for hydroxylation is 1. The summed E-state index contributed by atoms with van der Waals surface area (Å²) in [4.78, 5) is 23.5. The van der Waals surface area contributed by atoms with E-state index >= 15 is 0 Å². The van der Waals surface area contributed by atoms with Gasteiger partial charge in [-0.05, 0) is 32.9 Å². The summed E-state index contributed by atoms with van der Waals surface area (Å²) in [6, 6.07) is 2.95. The number of ether oxygens (including phenoxy) is 1. The maximum absolute atomic E-state index is 11.9. The fourth-order valence-electron chi connectivity index (χ4n) is 2.32. The Morgan fingerprint density at radius 2 is 2.33 bits per heavy atom. The van der Waals surface area contributed by atoms with Gasteiger partial charge in [-0.3, -0.25) is 4.79 Å². The van der Waals surface area contributed by atoms with Crippen LogP contribution in [0.5, 0.6) is 0 Å². The van der Waals surface area contributed by atoms with Crippen LogP contribution in [0.2, 0.25) is 0 Å². The summed E-state index contributed by atoms with van der Waals surface area (Å²) >= 11 is 0. The molecule has 0 spiro atoms. The third-order valence-corrected chi connectivity index (χ3v) is 3.30. The van der Waals surface area contributed by atoms with Crippen molar-refractivity contribution in [3.8, 4) is 0 Å². The van der Waals surface area contributed by atoms with Crippen molar-refractivity contribution >= 4 is 11.9 Å². The predicted octanol–water partition coefficient (Wildman–Crippen LogP) is 1.30. The van der Waals surface area contributed by atoms with Crippen LogP contribution in [0.4, 0.5) is 0 Å². The van der Waals surface area contributed by atoms with Gasteiger partial charge in [0.15, 0.2) is 0 Å². The molecule has 0 radical (unpaired) electrons. The quantitative estimate of drug-likeness (QED) is 0.822. The van der Waals surface area contributed by atoms with Crippen LogP contribution in [-0.2, 0) is 19.7 Å². The van der Waals surface area contributed by atoms with E-state index < -0.39 is 17.4 Å². The highest BCUT2D eigenvalue weighted by molar-refractivity contribution is 5.91. The fraction of sp³-hybridized carbons (Fsp3) is 0.538. The molecule has 0 saturated carbocycles. The van der Waals surface area contributed by atoms with Crippen molar-refractivity contribution in [1.29, 1.82) is 0 Å². The number of nitrogens with one attached hydrogen (secondary N) is 1. The van der Waals surface area contributed by atoms with E-state index in [1.54, 1.807) is 6.92 Å². The van der Waals surface area contributed by atoms with Crippen molar-refractivity contribution in [2.24, 2.45) is 0 Å². The van der Waals surface area contributed by atoms with Crippen molar-refractivity contribution in [2.45, 2.75) is 38.6 Å². The SMILES string of the molecule is CCOC(=O)C1NC(=O)CC1(C)c1ccc(C)o1. The molecular formula is C13H17NO4. The van der Waals surface area contributed by atoms with Crippen LogP contribution < -0.4 is 5.32 Å². The first kappa shape index (κ1) is 12.7. The molecule has 1 amide bonds. The van der Waals surface area contributed by atoms with Crippen molar-refractivity contribution in [1.82, 2.24) is 5.32 Å². The Bertz CT molecular complexity index is 479. The molecule has 1 fully saturated rings. The molecule has 2 unspecified atom stereocenters. The lowest BCUT2D eigenvalue weighted by Crippen LogP contribution is -2.45. The number of carbonyl (C=O) groups excluding carboxylic acids is 2. The highest BCUT2D eigenvalue weighted by Gasteiger charge is 2.51. The summed E-state index contributed by atoms with van der Waals surface area (Å²) in [5.74, 6) is 0.814. The maximum atomic E-state index is 11.9. The van der Waals surface area contributed by atoms with E-state index in [9.17, 15) is 9.59 Å². The molecule has 1 aliphatic rings. The Balaban J connectivity index is 2.33. The average molecular weight is 251 g/mol. The van der Waals surface area contributed by atoms with E-state index in [1.165, 1.54) is 0 Å².